The Morgan fingerprint density at radius 2 is 1.83 bits per heavy atom. The van der Waals surface area contributed by atoms with Crippen LogP contribution >= 0.6 is 0 Å². The molecule has 5 heteroatoms. The van der Waals surface area contributed by atoms with Gasteiger partial charge < -0.3 is 9.47 Å². The Bertz CT molecular complexity index is 857. The van der Waals surface area contributed by atoms with Crippen LogP contribution in [-0.2, 0) is 14.3 Å². The molecule has 2 aromatic carbocycles. The largest absolute Gasteiger partial charge is 0.465 e. The highest BCUT2D eigenvalue weighted by Gasteiger charge is 2.44. The molecule has 2 aliphatic rings. The number of rotatable bonds is 2. The fourth-order valence-electron chi connectivity index (χ4n) is 3.24. The maximum absolute atomic E-state index is 12.7. The van der Waals surface area contributed by atoms with Gasteiger partial charge in [0.05, 0.1) is 12.8 Å². The lowest BCUT2D eigenvalue weighted by Gasteiger charge is -2.29. The number of benzene rings is 2. The molecule has 120 valence electrons. The number of carbonyl (C=O) groups is 2. The van der Waals surface area contributed by atoms with Crippen molar-refractivity contribution in [2.24, 2.45) is 0 Å². The molecule has 0 saturated carbocycles. The molecule has 0 aliphatic carbocycles. The van der Waals surface area contributed by atoms with Crippen molar-refractivity contribution >= 4 is 17.6 Å². The van der Waals surface area contributed by atoms with E-state index in [0.29, 0.717) is 17.0 Å². The van der Waals surface area contributed by atoms with Crippen molar-refractivity contribution in [3.05, 3.63) is 71.6 Å². The third-order valence-electron chi connectivity index (χ3n) is 4.33. The van der Waals surface area contributed by atoms with E-state index < -0.39 is 5.97 Å². The van der Waals surface area contributed by atoms with E-state index in [1.165, 1.54) is 12.0 Å². The van der Waals surface area contributed by atoms with Crippen molar-refractivity contribution in [1.82, 2.24) is 0 Å². The third kappa shape index (κ3) is 2.09. The summed E-state index contributed by atoms with van der Waals surface area (Å²) in [7, 11) is 1.33. The molecule has 2 aliphatic heterocycles. The van der Waals surface area contributed by atoms with Gasteiger partial charge in [-0.05, 0) is 17.7 Å². The van der Waals surface area contributed by atoms with Crippen LogP contribution in [0.2, 0.25) is 0 Å². The zero-order valence-corrected chi connectivity index (χ0v) is 13.1. The summed E-state index contributed by atoms with van der Waals surface area (Å²) in [6, 6.07) is 16.7. The van der Waals surface area contributed by atoms with Crippen LogP contribution in [0.1, 0.15) is 17.9 Å². The van der Waals surface area contributed by atoms with Gasteiger partial charge in [0.25, 0.3) is 0 Å². The van der Waals surface area contributed by atoms with Gasteiger partial charge in [-0.2, -0.15) is 0 Å². The lowest BCUT2D eigenvalue weighted by atomic mass is 9.85. The van der Waals surface area contributed by atoms with Gasteiger partial charge in [-0.15, -0.1) is 0 Å². The van der Waals surface area contributed by atoms with Crippen LogP contribution in [0.3, 0.4) is 0 Å². The minimum atomic E-state index is -0.482. The first kappa shape index (κ1) is 14.5. The van der Waals surface area contributed by atoms with Crippen molar-refractivity contribution in [2.45, 2.75) is 12.3 Å². The molecule has 0 N–H and O–H groups in total. The van der Waals surface area contributed by atoms with Crippen LogP contribution < -0.4 is 9.64 Å². The lowest BCUT2D eigenvalue weighted by Crippen LogP contribution is -2.38. The number of hydrogen-bond donors (Lipinski definition) is 0. The molecule has 0 fully saturated rings. The van der Waals surface area contributed by atoms with E-state index in [4.69, 9.17) is 9.47 Å². The first-order valence-electron chi connectivity index (χ1n) is 7.68. The van der Waals surface area contributed by atoms with Crippen LogP contribution in [0.25, 0.3) is 0 Å². The highest BCUT2D eigenvalue weighted by atomic mass is 16.5. The van der Waals surface area contributed by atoms with Crippen molar-refractivity contribution in [3.8, 4) is 5.75 Å². The molecule has 0 radical (unpaired) electrons. The van der Waals surface area contributed by atoms with Crippen molar-refractivity contribution in [2.75, 3.05) is 12.0 Å². The maximum Gasteiger partial charge on any atom is 0.339 e. The molecular weight excluding hydrogens is 306 g/mol. The average molecular weight is 321 g/mol. The highest BCUT2D eigenvalue weighted by Crippen LogP contribution is 2.46. The summed E-state index contributed by atoms with van der Waals surface area (Å²) in [6.45, 7) is 0. The Morgan fingerprint density at radius 1 is 1.12 bits per heavy atom. The predicted molar refractivity (Wildman–Crippen MR) is 87.4 cm³/mol. The molecule has 0 aromatic heterocycles. The van der Waals surface area contributed by atoms with Crippen molar-refractivity contribution < 1.29 is 19.1 Å². The van der Waals surface area contributed by atoms with Crippen LogP contribution in [0.5, 0.6) is 5.75 Å². The van der Waals surface area contributed by atoms with Gasteiger partial charge in [-0.1, -0.05) is 42.5 Å². The summed E-state index contributed by atoms with van der Waals surface area (Å²) in [5.41, 5.74) is 1.92. The maximum atomic E-state index is 12.7. The summed E-state index contributed by atoms with van der Waals surface area (Å²) < 4.78 is 10.8. The minimum absolute atomic E-state index is 0.101. The van der Waals surface area contributed by atoms with Gasteiger partial charge in [-0.3, -0.25) is 4.79 Å². The number of esters is 1. The van der Waals surface area contributed by atoms with E-state index in [-0.39, 0.29) is 24.1 Å². The van der Waals surface area contributed by atoms with Crippen LogP contribution in [-0.4, -0.2) is 19.0 Å². The molecule has 0 unspecified atom stereocenters. The zero-order chi connectivity index (χ0) is 16.7. The van der Waals surface area contributed by atoms with Gasteiger partial charge in [0.2, 0.25) is 11.8 Å². The standard InChI is InChI=1S/C19H15NO4/c1-23-19(22)17-13(12-7-3-2-4-8-12)11-16(21)20-14-9-5-6-10-15(14)24-18(17)20/h2-10,13H,11H2,1H3/t13-/m1/s1. The first-order chi connectivity index (χ1) is 11.7. The smallest absolute Gasteiger partial charge is 0.339 e. The van der Waals surface area contributed by atoms with Crippen molar-refractivity contribution in [1.29, 1.82) is 0 Å². The number of hydrogen-bond acceptors (Lipinski definition) is 4. The van der Waals surface area contributed by atoms with E-state index in [2.05, 4.69) is 0 Å². The summed E-state index contributed by atoms with van der Waals surface area (Å²) in [6.07, 6.45) is 0.190. The summed E-state index contributed by atoms with van der Waals surface area (Å²) in [4.78, 5) is 26.7. The van der Waals surface area contributed by atoms with E-state index >= 15 is 0 Å². The number of methoxy groups -OCH3 is 1. The van der Waals surface area contributed by atoms with Crippen LogP contribution in [0.4, 0.5) is 5.69 Å². The average Bonchev–Trinajstić information content (AvgIpc) is 3.01. The predicted octanol–water partition coefficient (Wildman–Crippen LogP) is 2.98. The zero-order valence-electron chi connectivity index (χ0n) is 13.1. The number of para-hydroxylation sites is 2. The summed E-state index contributed by atoms with van der Waals surface area (Å²) >= 11 is 0. The van der Waals surface area contributed by atoms with Gasteiger partial charge in [0.15, 0.2) is 5.75 Å². The molecule has 0 bridgehead atoms. The highest BCUT2D eigenvalue weighted by molar-refractivity contribution is 6.06. The summed E-state index contributed by atoms with van der Waals surface area (Å²) in [5.74, 6) is -0.142. The molecule has 4 rings (SSSR count). The SMILES string of the molecule is COC(=O)C1=C2Oc3ccccc3N2C(=O)C[C@@H]1c1ccccc1. The quantitative estimate of drug-likeness (QED) is 0.798. The second-order valence-corrected chi connectivity index (χ2v) is 5.68. The van der Waals surface area contributed by atoms with Gasteiger partial charge >= 0.3 is 5.97 Å². The van der Waals surface area contributed by atoms with E-state index in [1.54, 1.807) is 12.1 Å². The van der Waals surface area contributed by atoms with E-state index in [0.717, 1.165) is 5.56 Å². The van der Waals surface area contributed by atoms with E-state index in [9.17, 15) is 9.59 Å². The number of anilines is 1. The normalized spacial score (nSPS) is 18.8. The fourth-order valence-corrected chi connectivity index (χ4v) is 3.24. The topological polar surface area (TPSA) is 55.8 Å². The molecule has 1 atom stereocenters. The molecule has 2 aromatic rings. The second-order valence-electron chi connectivity index (χ2n) is 5.68. The minimum Gasteiger partial charge on any atom is -0.465 e. The first-order valence-corrected chi connectivity index (χ1v) is 7.68. The monoisotopic (exact) mass is 321 g/mol. The Morgan fingerprint density at radius 3 is 2.58 bits per heavy atom. The molecule has 24 heavy (non-hydrogen) atoms. The number of fused-ring (bicyclic) bond motifs is 3. The molecule has 0 saturated heterocycles. The Kier molecular flexibility index (Phi) is 3.34. The molecule has 0 spiro atoms. The Hall–Kier alpha value is -3.08. The molecule has 2 heterocycles. The Balaban J connectivity index is 1.91. The molecular formula is C19H15NO4. The number of carbonyl (C=O) groups excluding carboxylic acids is 2. The van der Waals surface area contributed by atoms with Crippen LogP contribution in [0.15, 0.2) is 66.1 Å². The second kappa shape index (κ2) is 5.53. The van der Waals surface area contributed by atoms with Crippen LogP contribution in [0, 0.1) is 0 Å². The molecule has 5 nitrogen and oxygen atoms in total. The van der Waals surface area contributed by atoms with Gasteiger partial charge in [0.1, 0.15) is 5.57 Å². The summed E-state index contributed by atoms with van der Waals surface area (Å²) in [5, 5.41) is 0. The van der Waals surface area contributed by atoms with E-state index in [1.807, 2.05) is 42.5 Å². The number of amides is 1. The van der Waals surface area contributed by atoms with Gasteiger partial charge in [0, 0.05) is 12.3 Å². The Labute approximate surface area is 139 Å². The van der Waals surface area contributed by atoms with Gasteiger partial charge in [-0.25, -0.2) is 9.69 Å². The van der Waals surface area contributed by atoms with Crippen molar-refractivity contribution in [3.63, 3.8) is 0 Å². The molecule has 1 amide bonds. The lowest BCUT2D eigenvalue weighted by molar-refractivity contribution is -0.136. The number of nitrogens with zero attached hydrogens (tertiary/aromatic N) is 1. The number of ether oxygens (including phenoxy) is 2. The fraction of sp³-hybridized carbons (Fsp3) is 0.158. The third-order valence-corrected chi connectivity index (χ3v) is 4.33.